The summed E-state index contributed by atoms with van der Waals surface area (Å²) in [6.45, 7) is 2.81. The molecule has 1 heterocycles. The van der Waals surface area contributed by atoms with E-state index in [2.05, 4.69) is 11.9 Å². The van der Waals surface area contributed by atoms with Crippen molar-refractivity contribution in [2.24, 2.45) is 0 Å². The van der Waals surface area contributed by atoms with Gasteiger partial charge in [0.2, 0.25) is 0 Å². The maximum Gasteiger partial charge on any atom is 0.127 e. The van der Waals surface area contributed by atoms with Crippen LogP contribution in [0.1, 0.15) is 13.3 Å². The Morgan fingerprint density at radius 3 is 2.71 bits per heavy atom. The molecule has 0 bridgehead atoms. The highest BCUT2D eigenvalue weighted by Crippen LogP contribution is 2.29. The van der Waals surface area contributed by atoms with Crippen LogP contribution in [0.5, 0.6) is 5.75 Å². The average molecular weight is 228 g/mol. The van der Waals surface area contributed by atoms with Crippen LogP contribution in [0.15, 0.2) is 42.6 Å². The van der Waals surface area contributed by atoms with E-state index in [4.69, 9.17) is 10.5 Å². The zero-order valence-corrected chi connectivity index (χ0v) is 9.89. The number of hydrogen-bond donors (Lipinski definition) is 1. The van der Waals surface area contributed by atoms with E-state index >= 15 is 0 Å². The van der Waals surface area contributed by atoms with Gasteiger partial charge in [-0.05, 0) is 24.6 Å². The monoisotopic (exact) mass is 228 g/mol. The zero-order chi connectivity index (χ0) is 12.1. The Kier molecular flexibility index (Phi) is 3.60. The third-order valence-electron chi connectivity index (χ3n) is 2.45. The second-order valence-corrected chi connectivity index (χ2v) is 3.82. The molecule has 3 heteroatoms. The number of para-hydroxylation sites is 1. The first-order valence-electron chi connectivity index (χ1n) is 5.75. The van der Waals surface area contributed by atoms with Crippen molar-refractivity contribution in [2.75, 3.05) is 12.3 Å². The third-order valence-corrected chi connectivity index (χ3v) is 2.45. The van der Waals surface area contributed by atoms with Crippen LogP contribution in [0.4, 0.5) is 5.82 Å². The van der Waals surface area contributed by atoms with Gasteiger partial charge in [-0.1, -0.05) is 25.1 Å². The van der Waals surface area contributed by atoms with Crippen LogP contribution in [0.25, 0.3) is 11.1 Å². The highest BCUT2D eigenvalue weighted by molar-refractivity contribution is 5.70. The summed E-state index contributed by atoms with van der Waals surface area (Å²) in [7, 11) is 0. The summed E-state index contributed by atoms with van der Waals surface area (Å²) in [6.07, 6.45) is 2.76. The maximum absolute atomic E-state index is 5.71. The molecular weight excluding hydrogens is 212 g/mol. The lowest BCUT2D eigenvalue weighted by Crippen LogP contribution is -1.97. The third kappa shape index (κ3) is 2.75. The summed E-state index contributed by atoms with van der Waals surface area (Å²) in [6, 6.07) is 11.7. The number of pyridine rings is 1. The lowest BCUT2D eigenvalue weighted by atomic mass is 10.1. The summed E-state index contributed by atoms with van der Waals surface area (Å²) in [5.41, 5.74) is 7.65. The molecule has 88 valence electrons. The Morgan fingerprint density at radius 2 is 2.00 bits per heavy atom. The van der Waals surface area contributed by atoms with Crippen molar-refractivity contribution in [3.8, 4) is 16.9 Å². The van der Waals surface area contributed by atoms with Gasteiger partial charge in [0.1, 0.15) is 11.6 Å². The van der Waals surface area contributed by atoms with Gasteiger partial charge in [0.25, 0.3) is 0 Å². The molecule has 0 atom stereocenters. The first kappa shape index (κ1) is 11.5. The number of rotatable bonds is 4. The van der Waals surface area contributed by atoms with Crippen LogP contribution in [-0.4, -0.2) is 11.6 Å². The molecule has 0 fully saturated rings. The van der Waals surface area contributed by atoms with Crippen molar-refractivity contribution < 1.29 is 4.74 Å². The highest BCUT2D eigenvalue weighted by Gasteiger charge is 2.05. The van der Waals surface area contributed by atoms with E-state index in [1.165, 1.54) is 0 Å². The largest absolute Gasteiger partial charge is 0.493 e. The van der Waals surface area contributed by atoms with E-state index in [-0.39, 0.29) is 0 Å². The van der Waals surface area contributed by atoms with Gasteiger partial charge in [-0.3, -0.25) is 0 Å². The van der Waals surface area contributed by atoms with E-state index in [9.17, 15) is 0 Å². The fourth-order valence-electron chi connectivity index (χ4n) is 1.61. The molecular formula is C14H16N2O. The molecule has 0 amide bonds. The average Bonchev–Trinajstić information content (AvgIpc) is 2.38. The second-order valence-electron chi connectivity index (χ2n) is 3.82. The van der Waals surface area contributed by atoms with E-state index in [0.29, 0.717) is 5.82 Å². The fourth-order valence-corrected chi connectivity index (χ4v) is 1.61. The quantitative estimate of drug-likeness (QED) is 0.874. The van der Waals surface area contributed by atoms with Crippen molar-refractivity contribution in [3.05, 3.63) is 42.6 Å². The predicted octanol–water partition coefficient (Wildman–Crippen LogP) is 3.12. The molecule has 0 radical (unpaired) electrons. The zero-order valence-electron chi connectivity index (χ0n) is 9.89. The Bertz CT molecular complexity index is 480. The lowest BCUT2D eigenvalue weighted by Gasteiger charge is -2.10. The Labute approximate surface area is 101 Å². The van der Waals surface area contributed by atoms with E-state index in [1.807, 2.05) is 30.3 Å². The molecule has 0 spiro atoms. The number of aromatic nitrogens is 1. The van der Waals surface area contributed by atoms with Gasteiger partial charge in [0.05, 0.1) is 6.61 Å². The van der Waals surface area contributed by atoms with Crippen molar-refractivity contribution in [1.29, 1.82) is 0 Å². The number of nitrogens with two attached hydrogens (primary N) is 1. The van der Waals surface area contributed by atoms with Crippen molar-refractivity contribution in [1.82, 2.24) is 4.98 Å². The Balaban J connectivity index is 2.33. The van der Waals surface area contributed by atoms with Gasteiger partial charge < -0.3 is 10.5 Å². The molecule has 1 aromatic heterocycles. The molecule has 1 aromatic carbocycles. The molecule has 0 aliphatic rings. The molecule has 0 saturated heterocycles. The van der Waals surface area contributed by atoms with E-state index in [0.717, 1.165) is 29.9 Å². The molecule has 2 aromatic rings. The van der Waals surface area contributed by atoms with Gasteiger partial charge >= 0.3 is 0 Å². The standard InChI is InChI=1S/C14H16N2O/c1-2-9-17-13-6-4-3-5-12(13)11-7-8-14(15)16-10-11/h3-8,10H,2,9H2,1H3,(H2,15,16). The number of anilines is 1. The number of nitrogen functional groups attached to an aromatic ring is 1. The van der Waals surface area contributed by atoms with Crippen molar-refractivity contribution in [2.45, 2.75) is 13.3 Å². The second kappa shape index (κ2) is 5.34. The van der Waals surface area contributed by atoms with Crippen LogP contribution in [0, 0.1) is 0 Å². The number of nitrogens with zero attached hydrogens (tertiary/aromatic N) is 1. The van der Waals surface area contributed by atoms with Gasteiger partial charge in [0, 0.05) is 17.3 Å². The first-order valence-corrected chi connectivity index (χ1v) is 5.75. The van der Waals surface area contributed by atoms with E-state index < -0.39 is 0 Å². The van der Waals surface area contributed by atoms with Gasteiger partial charge in [-0.25, -0.2) is 4.98 Å². The molecule has 2 N–H and O–H groups in total. The van der Waals surface area contributed by atoms with Crippen molar-refractivity contribution in [3.63, 3.8) is 0 Å². The smallest absolute Gasteiger partial charge is 0.127 e. The fraction of sp³-hybridized carbons (Fsp3) is 0.214. The van der Waals surface area contributed by atoms with Crippen LogP contribution in [0.2, 0.25) is 0 Å². The summed E-state index contributed by atoms with van der Waals surface area (Å²) in [5, 5.41) is 0. The van der Waals surface area contributed by atoms with Crippen LogP contribution in [0.3, 0.4) is 0 Å². The summed E-state index contributed by atoms with van der Waals surface area (Å²) < 4.78 is 5.71. The lowest BCUT2D eigenvalue weighted by molar-refractivity contribution is 0.318. The van der Waals surface area contributed by atoms with Gasteiger partial charge in [-0.15, -0.1) is 0 Å². The molecule has 0 saturated carbocycles. The topological polar surface area (TPSA) is 48.1 Å². The summed E-state index contributed by atoms with van der Waals surface area (Å²) in [4.78, 5) is 4.10. The highest BCUT2D eigenvalue weighted by atomic mass is 16.5. The first-order chi connectivity index (χ1) is 8.31. The molecule has 17 heavy (non-hydrogen) atoms. The summed E-state index contributed by atoms with van der Waals surface area (Å²) in [5.74, 6) is 1.42. The normalized spacial score (nSPS) is 10.2. The Hall–Kier alpha value is -2.03. The number of ether oxygens (including phenoxy) is 1. The number of benzene rings is 1. The van der Waals surface area contributed by atoms with Crippen LogP contribution < -0.4 is 10.5 Å². The molecule has 0 aliphatic carbocycles. The maximum atomic E-state index is 5.71. The minimum absolute atomic E-state index is 0.528. The SMILES string of the molecule is CCCOc1ccccc1-c1ccc(N)nc1. The van der Waals surface area contributed by atoms with Crippen LogP contribution in [-0.2, 0) is 0 Å². The summed E-state index contributed by atoms with van der Waals surface area (Å²) >= 11 is 0. The minimum atomic E-state index is 0.528. The Morgan fingerprint density at radius 1 is 1.18 bits per heavy atom. The predicted molar refractivity (Wildman–Crippen MR) is 69.9 cm³/mol. The number of hydrogen-bond acceptors (Lipinski definition) is 3. The molecule has 0 unspecified atom stereocenters. The van der Waals surface area contributed by atoms with E-state index in [1.54, 1.807) is 12.3 Å². The minimum Gasteiger partial charge on any atom is -0.493 e. The van der Waals surface area contributed by atoms with Crippen molar-refractivity contribution >= 4 is 5.82 Å². The van der Waals surface area contributed by atoms with Crippen LogP contribution >= 0.6 is 0 Å². The molecule has 0 aliphatic heterocycles. The molecule has 3 nitrogen and oxygen atoms in total. The van der Waals surface area contributed by atoms with Gasteiger partial charge in [0.15, 0.2) is 0 Å². The molecule has 2 rings (SSSR count). The van der Waals surface area contributed by atoms with Gasteiger partial charge in [-0.2, -0.15) is 0 Å².